The number of oxime groups is 1. The number of hydrogen-bond donors (Lipinski definition) is 1. The van der Waals surface area contributed by atoms with Crippen LogP contribution in [0.25, 0.3) is 0 Å². The highest BCUT2D eigenvalue weighted by Crippen LogP contribution is 2.15. The number of halogens is 1. The Kier molecular flexibility index (Phi) is 5.38. The second-order valence-electron chi connectivity index (χ2n) is 4.55. The van der Waals surface area contributed by atoms with Gasteiger partial charge in [0.2, 0.25) is 6.29 Å². The van der Waals surface area contributed by atoms with Gasteiger partial charge in [0.05, 0.1) is 6.61 Å². The molecule has 1 atom stereocenters. The highest BCUT2D eigenvalue weighted by molar-refractivity contribution is 6.36. The lowest BCUT2D eigenvalue weighted by Crippen LogP contribution is -2.23. The zero-order chi connectivity index (χ0) is 14.4. The van der Waals surface area contributed by atoms with Crippen LogP contribution in [0.3, 0.4) is 0 Å². The van der Waals surface area contributed by atoms with Crippen LogP contribution in [0.2, 0.25) is 5.02 Å². The second kappa shape index (κ2) is 7.26. The van der Waals surface area contributed by atoms with Crippen molar-refractivity contribution in [2.75, 3.05) is 6.61 Å². The smallest absolute Gasteiger partial charge is 0.354 e. The predicted molar refractivity (Wildman–Crippen MR) is 74.9 cm³/mol. The zero-order valence-electron chi connectivity index (χ0n) is 10.9. The van der Waals surface area contributed by atoms with Crippen molar-refractivity contribution in [2.24, 2.45) is 5.16 Å². The normalized spacial score (nSPS) is 19.6. The Balaban J connectivity index is 1.98. The molecule has 0 bridgehead atoms. The summed E-state index contributed by atoms with van der Waals surface area (Å²) in [6.07, 6.45) is 2.47. The van der Waals surface area contributed by atoms with E-state index in [0.29, 0.717) is 11.6 Å². The molecule has 1 unspecified atom stereocenters. The Morgan fingerprint density at radius 3 is 2.75 bits per heavy atom. The average Bonchev–Trinajstić information content (AvgIpc) is 2.46. The fraction of sp³-hybridized carbons (Fsp3) is 0.429. The van der Waals surface area contributed by atoms with Crippen molar-refractivity contribution in [1.82, 2.24) is 0 Å². The Labute approximate surface area is 122 Å². The number of hydrogen-bond acceptors (Lipinski definition) is 4. The summed E-state index contributed by atoms with van der Waals surface area (Å²) in [5.74, 6) is -1.10. The van der Waals surface area contributed by atoms with Crippen LogP contribution >= 0.6 is 11.6 Å². The fourth-order valence-corrected chi connectivity index (χ4v) is 1.99. The van der Waals surface area contributed by atoms with Gasteiger partial charge < -0.3 is 14.7 Å². The topological polar surface area (TPSA) is 68.1 Å². The van der Waals surface area contributed by atoms with Crippen LogP contribution in [0.4, 0.5) is 0 Å². The van der Waals surface area contributed by atoms with E-state index in [0.717, 1.165) is 24.8 Å². The van der Waals surface area contributed by atoms with Gasteiger partial charge in [0.15, 0.2) is 5.71 Å². The van der Waals surface area contributed by atoms with Crippen LogP contribution in [0.1, 0.15) is 24.8 Å². The Morgan fingerprint density at radius 1 is 1.40 bits per heavy atom. The molecule has 0 radical (unpaired) electrons. The Bertz CT molecular complexity index is 480. The minimum Gasteiger partial charge on any atom is -0.477 e. The monoisotopic (exact) mass is 297 g/mol. The van der Waals surface area contributed by atoms with Gasteiger partial charge in [-0.15, -0.1) is 0 Å². The first-order chi connectivity index (χ1) is 9.65. The van der Waals surface area contributed by atoms with E-state index < -0.39 is 12.3 Å². The molecular formula is C14H16ClNO4. The zero-order valence-corrected chi connectivity index (χ0v) is 11.7. The third kappa shape index (κ3) is 4.51. The van der Waals surface area contributed by atoms with Gasteiger partial charge in [-0.25, -0.2) is 4.79 Å². The van der Waals surface area contributed by atoms with Crippen molar-refractivity contribution in [3.05, 3.63) is 34.9 Å². The van der Waals surface area contributed by atoms with Gasteiger partial charge in [-0.05, 0) is 30.5 Å². The van der Waals surface area contributed by atoms with Gasteiger partial charge in [0.25, 0.3) is 0 Å². The lowest BCUT2D eigenvalue weighted by atomic mass is 10.1. The number of carbonyl (C=O) groups is 1. The van der Waals surface area contributed by atoms with E-state index in [1.54, 1.807) is 24.3 Å². The third-order valence-corrected chi connectivity index (χ3v) is 3.20. The van der Waals surface area contributed by atoms with Crippen LogP contribution in [0.15, 0.2) is 29.4 Å². The van der Waals surface area contributed by atoms with E-state index in [9.17, 15) is 4.79 Å². The molecule has 0 spiro atoms. The summed E-state index contributed by atoms with van der Waals surface area (Å²) in [5, 5.41) is 13.5. The van der Waals surface area contributed by atoms with Crippen LogP contribution in [0, 0.1) is 0 Å². The summed E-state index contributed by atoms with van der Waals surface area (Å²) in [5.41, 5.74) is 0.755. The van der Waals surface area contributed by atoms with Crippen molar-refractivity contribution < 1.29 is 19.5 Å². The van der Waals surface area contributed by atoms with E-state index in [1.165, 1.54) is 0 Å². The molecule has 0 amide bonds. The number of aliphatic carboxylic acids is 1. The summed E-state index contributed by atoms with van der Waals surface area (Å²) in [7, 11) is 0. The van der Waals surface area contributed by atoms with E-state index >= 15 is 0 Å². The lowest BCUT2D eigenvalue weighted by Gasteiger charge is -2.20. The number of carboxylic acids is 1. The lowest BCUT2D eigenvalue weighted by molar-refractivity contribution is -0.162. The second-order valence-corrected chi connectivity index (χ2v) is 4.98. The molecule has 1 N–H and O–H groups in total. The van der Waals surface area contributed by atoms with E-state index in [-0.39, 0.29) is 12.1 Å². The molecule has 1 fully saturated rings. The highest BCUT2D eigenvalue weighted by atomic mass is 35.5. The summed E-state index contributed by atoms with van der Waals surface area (Å²) in [6.45, 7) is 0.625. The van der Waals surface area contributed by atoms with Crippen LogP contribution in [-0.2, 0) is 20.8 Å². The summed E-state index contributed by atoms with van der Waals surface area (Å²) in [6, 6.07) is 6.94. The quantitative estimate of drug-likeness (QED) is 0.670. The largest absolute Gasteiger partial charge is 0.477 e. The summed E-state index contributed by atoms with van der Waals surface area (Å²) >= 11 is 5.79. The molecular weight excluding hydrogens is 282 g/mol. The van der Waals surface area contributed by atoms with E-state index in [1.807, 2.05) is 0 Å². The SMILES string of the molecule is O=C(O)/C(Cc1ccc(Cl)cc1)=N/OC1CCCCO1. The van der Waals surface area contributed by atoms with Crippen molar-refractivity contribution >= 4 is 23.3 Å². The van der Waals surface area contributed by atoms with Gasteiger partial charge >= 0.3 is 5.97 Å². The number of carboxylic acid groups (broad SMARTS) is 1. The predicted octanol–water partition coefficient (Wildman–Crippen LogP) is 2.87. The van der Waals surface area contributed by atoms with Gasteiger partial charge in [-0.2, -0.15) is 0 Å². The van der Waals surface area contributed by atoms with Crippen molar-refractivity contribution in [3.8, 4) is 0 Å². The first-order valence-corrected chi connectivity index (χ1v) is 6.85. The third-order valence-electron chi connectivity index (χ3n) is 2.95. The molecule has 1 aromatic carbocycles. The molecule has 1 heterocycles. The minimum absolute atomic E-state index is 0.0542. The Morgan fingerprint density at radius 2 is 2.15 bits per heavy atom. The van der Waals surface area contributed by atoms with E-state index in [4.69, 9.17) is 26.3 Å². The van der Waals surface area contributed by atoms with Gasteiger partial charge in [0.1, 0.15) is 0 Å². The van der Waals surface area contributed by atoms with Crippen molar-refractivity contribution in [2.45, 2.75) is 32.0 Å². The average molecular weight is 298 g/mol. The molecule has 6 heteroatoms. The molecule has 5 nitrogen and oxygen atoms in total. The molecule has 0 saturated carbocycles. The molecule has 2 rings (SSSR count). The maximum Gasteiger partial charge on any atom is 0.354 e. The summed E-state index contributed by atoms with van der Waals surface area (Å²) in [4.78, 5) is 16.3. The first-order valence-electron chi connectivity index (χ1n) is 6.47. The number of benzene rings is 1. The first kappa shape index (κ1) is 14.8. The van der Waals surface area contributed by atoms with Gasteiger partial charge in [-0.1, -0.05) is 28.9 Å². The minimum atomic E-state index is -1.10. The number of rotatable bonds is 5. The van der Waals surface area contributed by atoms with Gasteiger partial charge in [-0.3, -0.25) is 0 Å². The van der Waals surface area contributed by atoms with Crippen molar-refractivity contribution in [3.63, 3.8) is 0 Å². The maximum absolute atomic E-state index is 11.2. The highest BCUT2D eigenvalue weighted by Gasteiger charge is 2.17. The fourth-order valence-electron chi connectivity index (χ4n) is 1.86. The van der Waals surface area contributed by atoms with Crippen LogP contribution < -0.4 is 0 Å². The molecule has 20 heavy (non-hydrogen) atoms. The molecule has 108 valence electrons. The standard InChI is InChI=1S/C14H16ClNO4/c15-11-6-4-10(5-7-11)9-12(14(17)18)16-20-13-3-1-2-8-19-13/h4-7,13H,1-3,8-9H2,(H,17,18)/b16-12+. The molecule has 1 saturated heterocycles. The maximum atomic E-state index is 11.2. The number of nitrogens with zero attached hydrogens (tertiary/aromatic N) is 1. The van der Waals surface area contributed by atoms with Crippen LogP contribution in [-0.4, -0.2) is 29.7 Å². The van der Waals surface area contributed by atoms with E-state index in [2.05, 4.69) is 5.16 Å². The molecule has 0 aromatic heterocycles. The molecule has 0 aliphatic carbocycles. The van der Waals surface area contributed by atoms with Crippen LogP contribution in [0.5, 0.6) is 0 Å². The summed E-state index contributed by atoms with van der Waals surface area (Å²) < 4.78 is 5.33. The number of ether oxygens (including phenoxy) is 1. The van der Waals surface area contributed by atoms with Crippen molar-refractivity contribution in [1.29, 1.82) is 0 Å². The molecule has 1 aromatic rings. The Hall–Kier alpha value is -1.59. The molecule has 1 aliphatic rings. The van der Waals surface area contributed by atoms with Gasteiger partial charge in [0, 0.05) is 17.9 Å². The molecule has 1 aliphatic heterocycles.